The quantitative estimate of drug-likeness (QED) is 0.201. The van der Waals surface area contributed by atoms with Gasteiger partial charge in [-0.05, 0) is 38.3 Å². The molecule has 0 spiro atoms. The third kappa shape index (κ3) is 19.4. The van der Waals surface area contributed by atoms with Gasteiger partial charge in [0.05, 0.1) is 12.9 Å². The summed E-state index contributed by atoms with van der Waals surface area (Å²) in [4.78, 5) is 0. The van der Waals surface area contributed by atoms with Crippen LogP contribution >= 0.6 is 0 Å². The van der Waals surface area contributed by atoms with Gasteiger partial charge in [-0.1, -0.05) is 51.9 Å². The summed E-state index contributed by atoms with van der Waals surface area (Å²) >= 11 is 0. The van der Waals surface area contributed by atoms with Crippen LogP contribution in [0.3, 0.4) is 0 Å². The topological polar surface area (TPSA) is 61.7 Å². The fourth-order valence-electron chi connectivity index (χ4n) is 2.45. The molecule has 0 amide bonds. The average molecular weight is 330 g/mol. The van der Waals surface area contributed by atoms with Crippen molar-refractivity contribution in [1.29, 1.82) is 0 Å². The maximum absolute atomic E-state index is 9.71. The number of hydrogen-bond donors (Lipinski definition) is 3. The van der Waals surface area contributed by atoms with E-state index in [1.165, 1.54) is 44.9 Å². The van der Waals surface area contributed by atoms with Crippen LogP contribution in [0.4, 0.5) is 0 Å². The van der Waals surface area contributed by atoms with E-state index in [2.05, 4.69) is 12.2 Å². The Balaban J connectivity index is 3.22. The van der Waals surface area contributed by atoms with Gasteiger partial charge < -0.3 is 20.3 Å². The van der Waals surface area contributed by atoms with Gasteiger partial charge >= 0.3 is 0 Å². The lowest BCUT2D eigenvalue weighted by Crippen LogP contribution is -2.19. The number of hydrogen-bond acceptors (Lipinski definition) is 4. The van der Waals surface area contributed by atoms with E-state index in [0.29, 0.717) is 13.0 Å². The molecule has 4 heteroatoms. The molecule has 0 saturated carbocycles. The van der Waals surface area contributed by atoms with E-state index < -0.39 is 6.29 Å². The van der Waals surface area contributed by atoms with Gasteiger partial charge in [0.1, 0.15) is 0 Å². The minimum atomic E-state index is -0.655. The Labute approximate surface area is 143 Å². The molecular weight excluding hydrogens is 290 g/mol. The summed E-state index contributed by atoms with van der Waals surface area (Å²) in [5, 5.41) is 21.5. The highest BCUT2D eigenvalue weighted by Gasteiger charge is 2.01. The van der Waals surface area contributed by atoms with Crippen LogP contribution < -0.4 is 5.32 Å². The van der Waals surface area contributed by atoms with Crippen LogP contribution in [0.5, 0.6) is 0 Å². The summed E-state index contributed by atoms with van der Waals surface area (Å²) in [5.41, 5.74) is 0. The maximum Gasteiger partial charge on any atom is 0.196 e. The first-order chi connectivity index (χ1) is 11.3. The zero-order chi connectivity index (χ0) is 17.0. The Morgan fingerprint density at radius 1 is 0.913 bits per heavy atom. The minimum Gasteiger partial charge on any atom is -0.473 e. The van der Waals surface area contributed by atoms with Gasteiger partial charge in [-0.25, -0.2) is 0 Å². The zero-order valence-electron chi connectivity index (χ0n) is 15.1. The third-order valence-electron chi connectivity index (χ3n) is 3.90. The van der Waals surface area contributed by atoms with Gasteiger partial charge in [0.2, 0.25) is 0 Å². The van der Waals surface area contributed by atoms with Crippen molar-refractivity contribution in [3.63, 3.8) is 0 Å². The van der Waals surface area contributed by atoms with Crippen LogP contribution in [0, 0.1) is 0 Å². The fraction of sp³-hybridized carbons (Fsp3) is 0.895. The van der Waals surface area contributed by atoms with Crippen LogP contribution in [-0.4, -0.2) is 36.2 Å². The van der Waals surface area contributed by atoms with Crippen molar-refractivity contribution in [2.45, 2.75) is 90.3 Å². The van der Waals surface area contributed by atoms with Gasteiger partial charge in [0.25, 0.3) is 0 Å². The number of allylic oxidation sites excluding steroid dienone is 1. The van der Waals surface area contributed by atoms with E-state index in [1.54, 1.807) is 6.26 Å². The first-order valence-corrected chi connectivity index (χ1v) is 9.61. The molecule has 0 fully saturated rings. The van der Waals surface area contributed by atoms with Crippen LogP contribution in [0.15, 0.2) is 12.3 Å². The highest BCUT2D eigenvalue weighted by Crippen LogP contribution is 2.09. The van der Waals surface area contributed by atoms with Gasteiger partial charge in [-0.15, -0.1) is 0 Å². The number of aliphatic hydroxyl groups is 2. The van der Waals surface area contributed by atoms with Gasteiger partial charge in [-0.3, -0.25) is 0 Å². The van der Waals surface area contributed by atoms with E-state index in [0.717, 1.165) is 32.2 Å². The molecule has 0 aliphatic heterocycles. The van der Waals surface area contributed by atoms with Crippen molar-refractivity contribution in [3.8, 4) is 0 Å². The number of ether oxygens (including phenoxy) is 1. The third-order valence-corrected chi connectivity index (χ3v) is 3.90. The summed E-state index contributed by atoms with van der Waals surface area (Å²) in [7, 11) is 0. The highest BCUT2D eigenvalue weighted by atomic mass is 16.6. The van der Waals surface area contributed by atoms with Crippen LogP contribution in [0.2, 0.25) is 0 Å². The molecule has 0 heterocycles. The minimum absolute atomic E-state index is 0.213. The second kappa shape index (κ2) is 19.5. The molecule has 0 bridgehead atoms. The Morgan fingerprint density at radius 2 is 1.61 bits per heavy atom. The molecular formula is C19H39NO3. The van der Waals surface area contributed by atoms with Crippen molar-refractivity contribution < 1.29 is 14.9 Å². The largest absolute Gasteiger partial charge is 0.473 e. The summed E-state index contributed by atoms with van der Waals surface area (Å²) in [5.74, 6) is 0. The standard InChI is InChI=1S/C19H39NO3/c1-2-3-4-5-6-10-13-18-23-19(22)14-11-8-7-9-12-15-20-16-17-21/h13,18-22H,2-12,14-17H2,1H3/b18-13+. The van der Waals surface area contributed by atoms with Crippen molar-refractivity contribution in [3.05, 3.63) is 12.3 Å². The Hall–Kier alpha value is -0.580. The summed E-state index contributed by atoms with van der Waals surface area (Å²) in [6.07, 6.45) is 16.9. The molecule has 4 nitrogen and oxygen atoms in total. The Bertz CT molecular complexity index is 247. The molecule has 1 atom stereocenters. The molecule has 1 unspecified atom stereocenters. The molecule has 0 saturated heterocycles. The molecule has 0 aromatic rings. The van der Waals surface area contributed by atoms with E-state index in [1.807, 2.05) is 6.08 Å². The Kier molecular flexibility index (Phi) is 19.0. The summed E-state index contributed by atoms with van der Waals surface area (Å²) in [6, 6.07) is 0. The van der Waals surface area contributed by atoms with Crippen molar-refractivity contribution >= 4 is 0 Å². The number of unbranched alkanes of at least 4 members (excludes halogenated alkanes) is 9. The van der Waals surface area contributed by atoms with E-state index in [9.17, 15) is 5.11 Å². The predicted molar refractivity (Wildman–Crippen MR) is 97.3 cm³/mol. The Morgan fingerprint density at radius 3 is 2.39 bits per heavy atom. The first-order valence-electron chi connectivity index (χ1n) is 9.61. The van der Waals surface area contributed by atoms with Crippen molar-refractivity contribution in [2.24, 2.45) is 0 Å². The zero-order valence-corrected chi connectivity index (χ0v) is 15.1. The summed E-state index contributed by atoms with van der Waals surface area (Å²) < 4.78 is 5.28. The van der Waals surface area contributed by atoms with Crippen LogP contribution in [0.25, 0.3) is 0 Å². The normalized spacial score (nSPS) is 12.8. The molecule has 23 heavy (non-hydrogen) atoms. The second-order valence-corrected chi connectivity index (χ2v) is 6.20. The van der Waals surface area contributed by atoms with Crippen LogP contribution in [0.1, 0.15) is 84.0 Å². The predicted octanol–water partition coefficient (Wildman–Crippen LogP) is 4.12. The first kappa shape index (κ1) is 22.4. The maximum atomic E-state index is 9.71. The van der Waals surface area contributed by atoms with E-state index in [-0.39, 0.29) is 6.61 Å². The molecule has 0 radical (unpaired) electrons. The van der Waals surface area contributed by atoms with Crippen molar-refractivity contribution in [2.75, 3.05) is 19.7 Å². The number of aliphatic hydroxyl groups excluding tert-OH is 2. The van der Waals surface area contributed by atoms with Gasteiger partial charge in [0.15, 0.2) is 6.29 Å². The molecule has 0 aromatic heterocycles. The number of nitrogens with one attached hydrogen (secondary N) is 1. The molecule has 138 valence electrons. The second-order valence-electron chi connectivity index (χ2n) is 6.20. The SMILES string of the molecule is CCCCCCC/C=C/OC(O)CCCCCCCNCCO. The van der Waals surface area contributed by atoms with Gasteiger partial charge in [0, 0.05) is 13.0 Å². The highest BCUT2D eigenvalue weighted by molar-refractivity contribution is 4.73. The number of rotatable bonds is 18. The lowest BCUT2D eigenvalue weighted by molar-refractivity contribution is -0.0576. The molecule has 0 aromatic carbocycles. The fourth-order valence-corrected chi connectivity index (χ4v) is 2.45. The molecule has 3 N–H and O–H groups in total. The van der Waals surface area contributed by atoms with E-state index >= 15 is 0 Å². The lowest BCUT2D eigenvalue weighted by Gasteiger charge is -2.09. The smallest absolute Gasteiger partial charge is 0.196 e. The monoisotopic (exact) mass is 329 g/mol. The van der Waals surface area contributed by atoms with Crippen LogP contribution in [-0.2, 0) is 4.74 Å². The lowest BCUT2D eigenvalue weighted by atomic mass is 10.1. The summed E-state index contributed by atoms with van der Waals surface area (Å²) in [6.45, 7) is 4.11. The molecule has 0 rings (SSSR count). The molecule has 0 aliphatic carbocycles. The van der Waals surface area contributed by atoms with Crippen molar-refractivity contribution in [1.82, 2.24) is 5.32 Å². The molecule has 0 aliphatic rings. The van der Waals surface area contributed by atoms with Gasteiger partial charge in [-0.2, -0.15) is 0 Å². The average Bonchev–Trinajstić information content (AvgIpc) is 2.56. The van der Waals surface area contributed by atoms with E-state index in [4.69, 9.17) is 9.84 Å².